The molecule has 2 saturated heterocycles. The molecule has 0 radical (unpaired) electrons. The normalized spacial score (nSPS) is 24.2. The highest BCUT2D eigenvalue weighted by Crippen LogP contribution is 2.40. The van der Waals surface area contributed by atoms with Gasteiger partial charge in [-0.1, -0.05) is 37.1 Å². The lowest BCUT2D eigenvalue weighted by molar-refractivity contribution is -0.143. The van der Waals surface area contributed by atoms with Crippen LogP contribution in [-0.2, 0) is 11.2 Å². The Balaban J connectivity index is 1.19. The number of hydrogen-bond donors (Lipinski definition) is 1. The van der Waals surface area contributed by atoms with E-state index in [-0.39, 0.29) is 36.4 Å². The molecule has 2 aromatic rings. The number of carboxylic acids is 1. The van der Waals surface area contributed by atoms with Crippen molar-refractivity contribution >= 4 is 5.97 Å². The van der Waals surface area contributed by atoms with Crippen LogP contribution in [0.5, 0.6) is 0 Å². The Morgan fingerprint density at radius 1 is 0.949 bits per heavy atom. The second-order valence-corrected chi connectivity index (χ2v) is 12.0. The van der Waals surface area contributed by atoms with Crippen LogP contribution < -0.4 is 0 Å². The number of carboxylic acid groups (broad SMARTS) is 1. The molecule has 1 aliphatic carbocycles. The molecule has 0 bridgehead atoms. The highest BCUT2D eigenvalue weighted by Gasteiger charge is 2.42. The highest BCUT2D eigenvalue weighted by molar-refractivity contribution is 5.73. The molecule has 8 heteroatoms. The maximum absolute atomic E-state index is 14.8. The van der Waals surface area contributed by atoms with Gasteiger partial charge in [-0.3, -0.25) is 9.69 Å². The van der Waals surface area contributed by atoms with Crippen LogP contribution in [0.1, 0.15) is 55.6 Å². The summed E-state index contributed by atoms with van der Waals surface area (Å²) in [5.74, 6) is -3.77. The Morgan fingerprint density at radius 2 is 1.67 bits per heavy atom. The Bertz CT molecular complexity index is 1120. The summed E-state index contributed by atoms with van der Waals surface area (Å²) < 4.78 is 56.8. The molecule has 4 nitrogen and oxygen atoms in total. The zero-order chi connectivity index (χ0) is 27.6. The minimum Gasteiger partial charge on any atom is -0.480 e. The summed E-state index contributed by atoms with van der Waals surface area (Å²) in [6.07, 6.45) is 3.64. The summed E-state index contributed by atoms with van der Waals surface area (Å²) in [6.45, 7) is 3.40. The first kappa shape index (κ1) is 28.1. The van der Waals surface area contributed by atoms with Gasteiger partial charge in [-0.05, 0) is 85.5 Å². The lowest BCUT2D eigenvalue weighted by atomic mass is 9.86. The van der Waals surface area contributed by atoms with Crippen LogP contribution in [0.15, 0.2) is 48.5 Å². The number of piperidine rings is 1. The van der Waals surface area contributed by atoms with Gasteiger partial charge in [-0.2, -0.15) is 0 Å². The largest absolute Gasteiger partial charge is 0.480 e. The van der Waals surface area contributed by atoms with Crippen molar-refractivity contribution < 1.29 is 27.5 Å². The SMILES string of the molecule is O=C(O)[C@@H](CC1CC1)N1C[C@H](CN2CCC(CC(F)(F)Cc3ccc(F)cc3)CC2)[C@@H](c2cccc(F)c2)C1. The number of aliphatic carboxylic acids is 1. The van der Waals surface area contributed by atoms with Crippen molar-refractivity contribution in [1.82, 2.24) is 9.80 Å². The van der Waals surface area contributed by atoms with Crippen LogP contribution in [0.3, 0.4) is 0 Å². The summed E-state index contributed by atoms with van der Waals surface area (Å²) in [5.41, 5.74) is 1.34. The molecule has 2 aliphatic heterocycles. The lowest BCUT2D eigenvalue weighted by Crippen LogP contribution is -2.42. The molecular weight excluding hydrogens is 508 g/mol. The Morgan fingerprint density at radius 3 is 2.31 bits per heavy atom. The molecule has 2 heterocycles. The van der Waals surface area contributed by atoms with Crippen LogP contribution in [0.2, 0.25) is 0 Å². The van der Waals surface area contributed by atoms with Gasteiger partial charge in [-0.15, -0.1) is 0 Å². The van der Waals surface area contributed by atoms with E-state index in [2.05, 4.69) is 9.80 Å². The number of benzene rings is 2. The fraction of sp³-hybridized carbons (Fsp3) is 0.581. The summed E-state index contributed by atoms with van der Waals surface area (Å²) in [4.78, 5) is 16.5. The van der Waals surface area contributed by atoms with Crippen molar-refractivity contribution in [2.45, 2.75) is 62.8 Å². The monoisotopic (exact) mass is 546 g/mol. The van der Waals surface area contributed by atoms with Crippen molar-refractivity contribution in [3.05, 3.63) is 71.3 Å². The fourth-order valence-corrected chi connectivity index (χ4v) is 6.63. The van der Waals surface area contributed by atoms with Crippen molar-refractivity contribution in [2.75, 3.05) is 32.7 Å². The van der Waals surface area contributed by atoms with Gasteiger partial charge >= 0.3 is 5.97 Å². The second kappa shape index (κ2) is 12.0. The maximum Gasteiger partial charge on any atom is 0.320 e. The van der Waals surface area contributed by atoms with Crippen molar-refractivity contribution in [3.8, 4) is 0 Å². The van der Waals surface area contributed by atoms with Crippen molar-refractivity contribution in [1.29, 1.82) is 0 Å². The molecule has 1 N–H and O–H groups in total. The van der Waals surface area contributed by atoms with E-state index in [4.69, 9.17) is 0 Å². The van der Waals surface area contributed by atoms with Gasteiger partial charge in [0.25, 0.3) is 5.92 Å². The van der Waals surface area contributed by atoms with Crippen LogP contribution in [0.25, 0.3) is 0 Å². The average Bonchev–Trinajstić information content (AvgIpc) is 3.62. The minimum absolute atomic E-state index is 0.0273. The number of nitrogens with zero attached hydrogens (tertiary/aromatic N) is 2. The molecule has 3 aliphatic rings. The van der Waals surface area contributed by atoms with E-state index >= 15 is 0 Å². The first-order chi connectivity index (χ1) is 18.6. The number of carbonyl (C=O) groups is 1. The van der Waals surface area contributed by atoms with Gasteiger partial charge in [0.2, 0.25) is 0 Å². The van der Waals surface area contributed by atoms with Gasteiger partial charge in [0.15, 0.2) is 0 Å². The summed E-state index contributed by atoms with van der Waals surface area (Å²) in [6, 6.07) is 11.4. The average molecular weight is 547 g/mol. The maximum atomic E-state index is 14.8. The molecule has 0 aromatic heterocycles. The summed E-state index contributed by atoms with van der Waals surface area (Å²) in [5, 5.41) is 9.96. The molecule has 0 spiro atoms. The molecule has 39 heavy (non-hydrogen) atoms. The topological polar surface area (TPSA) is 43.8 Å². The molecule has 3 atom stereocenters. The third kappa shape index (κ3) is 7.60. The third-order valence-corrected chi connectivity index (χ3v) is 8.89. The summed E-state index contributed by atoms with van der Waals surface area (Å²) >= 11 is 0. The van der Waals surface area contributed by atoms with Gasteiger partial charge in [0.05, 0.1) is 0 Å². The van der Waals surface area contributed by atoms with Gasteiger partial charge in [0, 0.05) is 38.4 Å². The van der Waals surface area contributed by atoms with E-state index in [0.29, 0.717) is 56.9 Å². The summed E-state index contributed by atoms with van der Waals surface area (Å²) in [7, 11) is 0. The lowest BCUT2D eigenvalue weighted by Gasteiger charge is -2.36. The first-order valence-corrected chi connectivity index (χ1v) is 14.2. The molecule has 0 amide bonds. The molecule has 5 rings (SSSR count). The first-order valence-electron chi connectivity index (χ1n) is 14.2. The standard InChI is InChI=1S/C31H38F4N2O2/c32-26-8-6-22(7-9-26)16-31(34,35)17-23-10-12-36(13-11-23)18-25-19-37(29(30(38)39)14-21-4-5-21)20-28(25)24-2-1-3-27(33)15-24/h1-3,6-9,15,21,23,25,28-29H,4-5,10-14,16-20H2,(H,38,39)/t25-,28+,29+/m0/s1. The van der Waals surface area contributed by atoms with E-state index in [0.717, 1.165) is 24.9 Å². The Kier molecular flexibility index (Phi) is 8.62. The van der Waals surface area contributed by atoms with Crippen LogP contribution in [0, 0.1) is 29.4 Å². The van der Waals surface area contributed by atoms with E-state index in [1.54, 1.807) is 12.1 Å². The molecule has 212 valence electrons. The molecule has 3 fully saturated rings. The number of alkyl halides is 2. The van der Waals surface area contributed by atoms with Gasteiger partial charge in [-0.25, -0.2) is 17.6 Å². The second-order valence-electron chi connectivity index (χ2n) is 12.0. The molecule has 0 unspecified atom stereocenters. The highest BCUT2D eigenvalue weighted by atomic mass is 19.3. The Hall–Kier alpha value is -2.45. The fourth-order valence-electron chi connectivity index (χ4n) is 6.63. The zero-order valence-electron chi connectivity index (χ0n) is 22.3. The smallest absolute Gasteiger partial charge is 0.320 e. The number of hydrogen-bond acceptors (Lipinski definition) is 3. The molecular formula is C31H38F4N2O2. The van der Waals surface area contributed by atoms with Gasteiger partial charge in [0.1, 0.15) is 17.7 Å². The van der Waals surface area contributed by atoms with E-state index in [1.807, 2.05) is 6.07 Å². The zero-order valence-corrected chi connectivity index (χ0v) is 22.3. The van der Waals surface area contributed by atoms with Crippen molar-refractivity contribution in [3.63, 3.8) is 0 Å². The quantitative estimate of drug-likeness (QED) is 0.340. The van der Waals surface area contributed by atoms with Gasteiger partial charge < -0.3 is 10.0 Å². The van der Waals surface area contributed by atoms with E-state index in [1.165, 1.54) is 30.3 Å². The third-order valence-electron chi connectivity index (χ3n) is 8.89. The minimum atomic E-state index is -2.84. The number of rotatable bonds is 11. The number of halogens is 4. The predicted octanol–water partition coefficient (Wildman–Crippen LogP) is 6.21. The number of likely N-dealkylation sites (tertiary alicyclic amines) is 2. The van der Waals surface area contributed by atoms with Crippen LogP contribution in [-0.4, -0.2) is 65.6 Å². The predicted molar refractivity (Wildman–Crippen MR) is 142 cm³/mol. The van der Waals surface area contributed by atoms with E-state index in [9.17, 15) is 27.5 Å². The molecule has 1 saturated carbocycles. The van der Waals surface area contributed by atoms with E-state index < -0.39 is 23.8 Å². The Labute approximate surface area is 228 Å². The van der Waals surface area contributed by atoms with Crippen LogP contribution in [0.4, 0.5) is 17.6 Å². The van der Waals surface area contributed by atoms with Crippen LogP contribution >= 0.6 is 0 Å². The van der Waals surface area contributed by atoms with Crippen molar-refractivity contribution in [2.24, 2.45) is 17.8 Å². The molecule has 2 aromatic carbocycles.